The predicted molar refractivity (Wildman–Crippen MR) is 79.0 cm³/mol. The van der Waals surface area contributed by atoms with E-state index in [2.05, 4.69) is 15.3 Å². The number of rotatable bonds is 2. The van der Waals surface area contributed by atoms with Gasteiger partial charge in [0.25, 0.3) is 5.91 Å². The first-order valence-corrected chi connectivity index (χ1v) is 6.07. The van der Waals surface area contributed by atoms with E-state index >= 15 is 0 Å². The standard InChI is InChI=1S/C16H11N3O/c1-2-15(20)19-14-5-3-4-11(9-14)13-8-12-6-7-17-16(12)18-10-13/h1,3-10H,(H,17,18)(H,19,20). The van der Waals surface area contributed by atoms with Crippen LogP contribution >= 0.6 is 0 Å². The quantitative estimate of drug-likeness (QED) is 0.697. The fraction of sp³-hybridized carbons (Fsp3) is 0. The molecule has 0 atom stereocenters. The number of terminal acetylenes is 1. The summed E-state index contributed by atoms with van der Waals surface area (Å²) in [5.74, 6) is 1.57. The van der Waals surface area contributed by atoms with Gasteiger partial charge in [0, 0.05) is 29.0 Å². The van der Waals surface area contributed by atoms with E-state index in [0.717, 1.165) is 22.2 Å². The molecule has 0 fully saturated rings. The lowest BCUT2D eigenvalue weighted by atomic mass is 10.1. The third-order valence-corrected chi connectivity index (χ3v) is 2.98. The van der Waals surface area contributed by atoms with Crippen LogP contribution in [0.25, 0.3) is 22.2 Å². The maximum absolute atomic E-state index is 11.2. The molecule has 4 heteroatoms. The van der Waals surface area contributed by atoms with Crippen LogP contribution in [-0.4, -0.2) is 15.9 Å². The van der Waals surface area contributed by atoms with E-state index in [1.54, 1.807) is 12.3 Å². The molecule has 2 aromatic heterocycles. The molecule has 0 spiro atoms. The number of fused-ring (bicyclic) bond motifs is 1. The largest absolute Gasteiger partial charge is 0.346 e. The SMILES string of the molecule is C#CC(=O)Nc1cccc(-c2cnc3[nH]ccc3c2)c1. The predicted octanol–water partition coefficient (Wildman–Crippen LogP) is 2.80. The van der Waals surface area contributed by atoms with Crippen LogP contribution in [0.2, 0.25) is 0 Å². The third-order valence-electron chi connectivity index (χ3n) is 2.98. The normalized spacial score (nSPS) is 10.2. The van der Waals surface area contributed by atoms with Crippen molar-refractivity contribution in [2.75, 3.05) is 5.32 Å². The average Bonchev–Trinajstić information content (AvgIpc) is 2.94. The van der Waals surface area contributed by atoms with Crippen LogP contribution in [0, 0.1) is 12.3 Å². The van der Waals surface area contributed by atoms with Crippen LogP contribution in [-0.2, 0) is 4.79 Å². The smallest absolute Gasteiger partial charge is 0.300 e. The number of anilines is 1. The van der Waals surface area contributed by atoms with Crippen LogP contribution in [0.5, 0.6) is 0 Å². The summed E-state index contributed by atoms with van der Waals surface area (Å²) in [4.78, 5) is 18.6. The van der Waals surface area contributed by atoms with E-state index in [9.17, 15) is 4.79 Å². The number of benzene rings is 1. The summed E-state index contributed by atoms with van der Waals surface area (Å²) >= 11 is 0. The van der Waals surface area contributed by atoms with Gasteiger partial charge in [-0.2, -0.15) is 0 Å². The van der Waals surface area contributed by atoms with Gasteiger partial charge in [-0.25, -0.2) is 4.98 Å². The fourth-order valence-electron chi connectivity index (χ4n) is 2.04. The molecule has 0 radical (unpaired) electrons. The van der Waals surface area contributed by atoms with Gasteiger partial charge < -0.3 is 10.3 Å². The minimum atomic E-state index is -0.457. The molecule has 0 saturated carbocycles. The van der Waals surface area contributed by atoms with Crippen molar-refractivity contribution in [3.05, 3.63) is 48.8 Å². The van der Waals surface area contributed by atoms with Gasteiger partial charge in [0.2, 0.25) is 0 Å². The number of nitrogens with zero attached hydrogens (tertiary/aromatic N) is 1. The van der Waals surface area contributed by atoms with E-state index < -0.39 is 5.91 Å². The minimum absolute atomic E-state index is 0.457. The average molecular weight is 261 g/mol. The lowest BCUT2D eigenvalue weighted by molar-refractivity contribution is -0.111. The van der Waals surface area contributed by atoms with E-state index in [1.165, 1.54) is 0 Å². The Hall–Kier alpha value is -3.06. The molecule has 2 heterocycles. The van der Waals surface area contributed by atoms with Crippen LogP contribution in [0.4, 0.5) is 5.69 Å². The molecule has 3 aromatic rings. The van der Waals surface area contributed by atoms with Crippen LogP contribution < -0.4 is 5.32 Å². The van der Waals surface area contributed by atoms with Crippen molar-refractivity contribution in [3.63, 3.8) is 0 Å². The maximum Gasteiger partial charge on any atom is 0.300 e. The third kappa shape index (κ3) is 2.25. The van der Waals surface area contributed by atoms with Crippen molar-refractivity contribution < 1.29 is 4.79 Å². The second kappa shape index (κ2) is 4.90. The summed E-state index contributed by atoms with van der Waals surface area (Å²) in [6, 6.07) is 11.5. The minimum Gasteiger partial charge on any atom is -0.346 e. The first kappa shape index (κ1) is 12.0. The Morgan fingerprint density at radius 3 is 3.00 bits per heavy atom. The first-order chi connectivity index (χ1) is 9.76. The number of H-pyrrole nitrogens is 1. The zero-order valence-corrected chi connectivity index (χ0v) is 10.6. The number of aromatic amines is 1. The lowest BCUT2D eigenvalue weighted by Crippen LogP contribution is -2.07. The van der Waals surface area contributed by atoms with Crippen molar-refractivity contribution in [2.24, 2.45) is 0 Å². The molecule has 4 nitrogen and oxygen atoms in total. The van der Waals surface area contributed by atoms with Gasteiger partial charge >= 0.3 is 0 Å². The molecule has 1 amide bonds. The molecule has 0 unspecified atom stereocenters. The van der Waals surface area contributed by atoms with E-state index in [4.69, 9.17) is 6.42 Å². The fourth-order valence-corrected chi connectivity index (χ4v) is 2.04. The Morgan fingerprint density at radius 1 is 1.25 bits per heavy atom. The van der Waals surface area contributed by atoms with Crippen LogP contribution in [0.1, 0.15) is 0 Å². The van der Waals surface area contributed by atoms with E-state index in [-0.39, 0.29) is 0 Å². The Bertz CT molecular complexity index is 827. The molecule has 0 aliphatic heterocycles. The number of carbonyl (C=O) groups excluding carboxylic acids is 1. The molecule has 2 N–H and O–H groups in total. The van der Waals surface area contributed by atoms with Gasteiger partial charge in [-0.3, -0.25) is 4.79 Å². The van der Waals surface area contributed by atoms with Gasteiger partial charge in [0.15, 0.2) is 0 Å². The molecule has 0 saturated heterocycles. The van der Waals surface area contributed by atoms with Crippen molar-refractivity contribution in [2.45, 2.75) is 0 Å². The highest BCUT2D eigenvalue weighted by molar-refractivity contribution is 6.03. The van der Waals surface area contributed by atoms with E-state index in [0.29, 0.717) is 5.69 Å². The molecule has 0 aliphatic rings. The van der Waals surface area contributed by atoms with Gasteiger partial charge in [-0.1, -0.05) is 12.1 Å². The molecule has 0 bridgehead atoms. The number of hydrogen-bond donors (Lipinski definition) is 2. The van der Waals surface area contributed by atoms with Gasteiger partial charge in [0.05, 0.1) is 0 Å². The molecule has 3 rings (SSSR count). The number of nitrogens with one attached hydrogen (secondary N) is 2. The highest BCUT2D eigenvalue weighted by Crippen LogP contribution is 2.24. The van der Waals surface area contributed by atoms with Crippen LogP contribution in [0.15, 0.2) is 48.8 Å². The Balaban J connectivity index is 1.99. The highest BCUT2D eigenvalue weighted by Gasteiger charge is 2.04. The van der Waals surface area contributed by atoms with E-state index in [1.807, 2.05) is 42.4 Å². The Morgan fingerprint density at radius 2 is 2.15 bits per heavy atom. The number of carbonyl (C=O) groups is 1. The lowest BCUT2D eigenvalue weighted by Gasteiger charge is -2.05. The second-order valence-corrected chi connectivity index (χ2v) is 4.32. The van der Waals surface area contributed by atoms with Crippen molar-refractivity contribution in [1.82, 2.24) is 9.97 Å². The molecule has 96 valence electrons. The molecular weight excluding hydrogens is 250 g/mol. The summed E-state index contributed by atoms with van der Waals surface area (Å²) in [6.45, 7) is 0. The molecular formula is C16H11N3O. The Kier molecular flexibility index (Phi) is 2.94. The Labute approximate surface area is 115 Å². The van der Waals surface area contributed by atoms with Crippen molar-refractivity contribution in [3.8, 4) is 23.5 Å². The first-order valence-electron chi connectivity index (χ1n) is 6.07. The van der Waals surface area contributed by atoms with Gasteiger partial charge in [0.1, 0.15) is 5.65 Å². The van der Waals surface area contributed by atoms with Gasteiger partial charge in [-0.05, 0) is 35.7 Å². The summed E-state index contributed by atoms with van der Waals surface area (Å²) in [6.07, 6.45) is 8.69. The second-order valence-electron chi connectivity index (χ2n) is 4.32. The molecule has 1 aromatic carbocycles. The summed E-state index contributed by atoms with van der Waals surface area (Å²) in [5.41, 5.74) is 3.47. The summed E-state index contributed by atoms with van der Waals surface area (Å²) < 4.78 is 0. The zero-order chi connectivity index (χ0) is 13.9. The van der Waals surface area contributed by atoms with Gasteiger partial charge in [-0.15, -0.1) is 6.42 Å². The monoisotopic (exact) mass is 261 g/mol. The number of aromatic nitrogens is 2. The summed E-state index contributed by atoms with van der Waals surface area (Å²) in [5, 5.41) is 3.67. The maximum atomic E-state index is 11.2. The van der Waals surface area contributed by atoms with Crippen molar-refractivity contribution >= 4 is 22.6 Å². The van der Waals surface area contributed by atoms with Crippen molar-refractivity contribution in [1.29, 1.82) is 0 Å². The number of amides is 1. The zero-order valence-electron chi connectivity index (χ0n) is 10.6. The number of pyridine rings is 1. The molecule has 20 heavy (non-hydrogen) atoms. The topological polar surface area (TPSA) is 57.8 Å². The summed E-state index contributed by atoms with van der Waals surface area (Å²) in [7, 11) is 0. The molecule has 0 aliphatic carbocycles. The highest BCUT2D eigenvalue weighted by atomic mass is 16.1. The number of hydrogen-bond acceptors (Lipinski definition) is 2. The van der Waals surface area contributed by atoms with Crippen LogP contribution in [0.3, 0.4) is 0 Å².